The molecule has 0 saturated heterocycles. The Balaban J connectivity index is 2.28. The number of fused-ring (bicyclic) bond motifs is 3. The van der Waals surface area contributed by atoms with E-state index in [-0.39, 0.29) is 11.7 Å². The molecule has 3 rings (SSSR count). The molecule has 0 aromatic heterocycles. The molecule has 0 amide bonds. The Morgan fingerprint density at radius 1 is 1.11 bits per heavy atom. The van der Waals surface area contributed by atoms with Gasteiger partial charge < -0.3 is 9.84 Å². The van der Waals surface area contributed by atoms with Crippen LogP contribution in [-0.2, 0) is 9.53 Å². The van der Waals surface area contributed by atoms with Gasteiger partial charge in [0.15, 0.2) is 0 Å². The predicted molar refractivity (Wildman–Crippen MR) is 67.4 cm³/mol. The van der Waals surface area contributed by atoms with E-state index >= 15 is 0 Å². The largest absolute Gasteiger partial charge is 0.508 e. The van der Waals surface area contributed by atoms with Crippen molar-refractivity contribution in [3.63, 3.8) is 0 Å². The highest BCUT2D eigenvalue weighted by Crippen LogP contribution is 2.46. The molecule has 2 aromatic carbocycles. The lowest BCUT2D eigenvalue weighted by Gasteiger charge is -2.10. The van der Waals surface area contributed by atoms with Gasteiger partial charge in [-0.2, -0.15) is 0 Å². The van der Waals surface area contributed by atoms with Gasteiger partial charge in [-0.1, -0.05) is 30.3 Å². The molecule has 0 saturated carbocycles. The highest BCUT2D eigenvalue weighted by atomic mass is 16.5. The second-order valence-electron chi connectivity index (χ2n) is 4.31. The van der Waals surface area contributed by atoms with Crippen molar-refractivity contribution in [1.29, 1.82) is 0 Å². The average Bonchev–Trinajstić information content (AvgIpc) is 2.71. The smallest absolute Gasteiger partial charge is 0.317 e. The van der Waals surface area contributed by atoms with Crippen molar-refractivity contribution in [3.05, 3.63) is 53.6 Å². The number of hydrogen-bond acceptors (Lipinski definition) is 3. The molecule has 1 aliphatic carbocycles. The van der Waals surface area contributed by atoms with E-state index in [9.17, 15) is 9.90 Å². The fourth-order valence-corrected chi connectivity index (χ4v) is 2.57. The van der Waals surface area contributed by atoms with Gasteiger partial charge in [-0.3, -0.25) is 4.79 Å². The van der Waals surface area contributed by atoms with Crippen LogP contribution in [0.4, 0.5) is 0 Å². The molecule has 90 valence electrons. The number of carbonyl (C=O) groups excluding carboxylic acids is 1. The number of methoxy groups -OCH3 is 1. The summed E-state index contributed by atoms with van der Waals surface area (Å²) in [5.74, 6) is -0.574. The molecule has 3 heteroatoms. The summed E-state index contributed by atoms with van der Waals surface area (Å²) in [6, 6.07) is 12.9. The number of rotatable bonds is 1. The minimum Gasteiger partial charge on any atom is -0.508 e. The first kappa shape index (κ1) is 10.8. The zero-order valence-corrected chi connectivity index (χ0v) is 9.88. The van der Waals surface area contributed by atoms with Gasteiger partial charge in [0.2, 0.25) is 0 Å². The maximum absolute atomic E-state index is 11.9. The van der Waals surface area contributed by atoms with Crippen molar-refractivity contribution in [2.45, 2.75) is 5.92 Å². The molecular formula is C15H12O3. The minimum atomic E-state index is -0.437. The van der Waals surface area contributed by atoms with E-state index in [1.54, 1.807) is 12.1 Å². The van der Waals surface area contributed by atoms with Crippen LogP contribution in [0.2, 0.25) is 0 Å². The van der Waals surface area contributed by atoms with Gasteiger partial charge in [0.05, 0.1) is 7.11 Å². The van der Waals surface area contributed by atoms with E-state index < -0.39 is 5.92 Å². The van der Waals surface area contributed by atoms with Crippen LogP contribution in [0.15, 0.2) is 42.5 Å². The quantitative estimate of drug-likeness (QED) is 0.779. The third-order valence-corrected chi connectivity index (χ3v) is 3.35. The van der Waals surface area contributed by atoms with Crippen molar-refractivity contribution < 1.29 is 14.6 Å². The predicted octanol–water partition coefficient (Wildman–Crippen LogP) is 2.68. The number of hydrogen-bond donors (Lipinski definition) is 1. The van der Waals surface area contributed by atoms with Gasteiger partial charge in [-0.25, -0.2) is 0 Å². The lowest BCUT2D eigenvalue weighted by molar-refractivity contribution is -0.141. The van der Waals surface area contributed by atoms with Crippen LogP contribution in [0.5, 0.6) is 5.75 Å². The molecule has 18 heavy (non-hydrogen) atoms. The van der Waals surface area contributed by atoms with Crippen LogP contribution in [0.25, 0.3) is 11.1 Å². The summed E-state index contributed by atoms with van der Waals surface area (Å²) in [5.41, 5.74) is 3.76. The molecule has 1 unspecified atom stereocenters. The first-order chi connectivity index (χ1) is 8.72. The molecular weight excluding hydrogens is 228 g/mol. The molecule has 1 N–H and O–H groups in total. The van der Waals surface area contributed by atoms with Crippen LogP contribution in [-0.4, -0.2) is 18.2 Å². The maximum Gasteiger partial charge on any atom is 0.317 e. The van der Waals surface area contributed by atoms with Crippen LogP contribution in [0.3, 0.4) is 0 Å². The molecule has 0 heterocycles. The van der Waals surface area contributed by atoms with Gasteiger partial charge >= 0.3 is 5.97 Å². The lowest BCUT2D eigenvalue weighted by atomic mass is 9.97. The van der Waals surface area contributed by atoms with E-state index in [0.29, 0.717) is 0 Å². The molecule has 0 spiro atoms. The summed E-state index contributed by atoms with van der Waals surface area (Å²) in [7, 11) is 1.38. The molecule has 1 aliphatic rings. The molecule has 0 bridgehead atoms. The van der Waals surface area contributed by atoms with Gasteiger partial charge in [-0.05, 0) is 34.4 Å². The summed E-state index contributed by atoms with van der Waals surface area (Å²) in [5, 5.41) is 9.60. The van der Waals surface area contributed by atoms with E-state index in [1.807, 2.05) is 30.3 Å². The van der Waals surface area contributed by atoms with Crippen LogP contribution in [0.1, 0.15) is 17.0 Å². The molecule has 0 fully saturated rings. The van der Waals surface area contributed by atoms with Gasteiger partial charge in [0, 0.05) is 0 Å². The second-order valence-corrected chi connectivity index (χ2v) is 4.31. The summed E-state index contributed by atoms with van der Waals surface area (Å²) in [6.07, 6.45) is 0. The maximum atomic E-state index is 11.9. The average molecular weight is 240 g/mol. The molecule has 0 aliphatic heterocycles. The number of carbonyl (C=O) groups is 1. The number of ether oxygens (including phenoxy) is 1. The highest BCUT2D eigenvalue weighted by Gasteiger charge is 2.34. The first-order valence-corrected chi connectivity index (χ1v) is 5.72. The molecule has 1 atom stereocenters. The number of esters is 1. The van der Waals surface area contributed by atoms with Gasteiger partial charge in [-0.15, -0.1) is 0 Å². The minimum absolute atomic E-state index is 0.162. The zero-order valence-electron chi connectivity index (χ0n) is 9.88. The van der Waals surface area contributed by atoms with Gasteiger partial charge in [0.1, 0.15) is 11.7 Å². The Bertz CT molecular complexity index is 631. The standard InChI is InChI=1S/C15H12O3/c1-18-15(17)14-12-5-3-2-4-10(12)11-7-6-9(16)8-13(11)14/h2-8,14,16H,1H3. The van der Waals surface area contributed by atoms with Crippen molar-refractivity contribution in [1.82, 2.24) is 0 Å². The van der Waals surface area contributed by atoms with E-state index in [4.69, 9.17) is 4.74 Å². The van der Waals surface area contributed by atoms with Crippen molar-refractivity contribution in [2.24, 2.45) is 0 Å². The van der Waals surface area contributed by atoms with Crippen molar-refractivity contribution >= 4 is 5.97 Å². The Labute approximate surface area is 105 Å². The van der Waals surface area contributed by atoms with E-state index in [1.165, 1.54) is 7.11 Å². The summed E-state index contributed by atoms with van der Waals surface area (Å²) in [4.78, 5) is 11.9. The SMILES string of the molecule is COC(=O)C1c2ccccc2-c2ccc(O)cc21. The Morgan fingerprint density at radius 2 is 1.83 bits per heavy atom. The van der Waals surface area contributed by atoms with Crippen LogP contribution in [0, 0.1) is 0 Å². The number of phenols is 1. The van der Waals surface area contributed by atoms with E-state index in [2.05, 4.69) is 0 Å². The zero-order chi connectivity index (χ0) is 12.7. The summed E-state index contributed by atoms with van der Waals surface area (Å²) < 4.78 is 4.87. The van der Waals surface area contributed by atoms with Crippen LogP contribution >= 0.6 is 0 Å². The van der Waals surface area contributed by atoms with Crippen molar-refractivity contribution in [2.75, 3.05) is 7.11 Å². The summed E-state index contributed by atoms with van der Waals surface area (Å²) >= 11 is 0. The monoisotopic (exact) mass is 240 g/mol. The van der Waals surface area contributed by atoms with Gasteiger partial charge in [0.25, 0.3) is 0 Å². The lowest BCUT2D eigenvalue weighted by Crippen LogP contribution is -2.12. The Morgan fingerprint density at radius 3 is 2.61 bits per heavy atom. The van der Waals surface area contributed by atoms with E-state index in [0.717, 1.165) is 22.3 Å². The molecule has 0 radical (unpaired) electrons. The Hall–Kier alpha value is -2.29. The third-order valence-electron chi connectivity index (χ3n) is 3.35. The third kappa shape index (κ3) is 1.40. The number of phenolic OH excluding ortho intramolecular Hbond substituents is 1. The molecule has 2 aromatic rings. The highest BCUT2D eigenvalue weighted by molar-refractivity contribution is 5.93. The van der Waals surface area contributed by atoms with Crippen molar-refractivity contribution in [3.8, 4) is 16.9 Å². The fraction of sp³-hybridized carbons (Fsp3) is 0.133. The Kier molecular flexibility index (Phi) is 2.33. The normalized spacial score (nSPS) is 15.9. The molecule has 3 nitrogen and oxygen atoms in total. The second kappa shape index (κ2) is 3.88. The fourth-order valence-electron chi connectivity index (χ4n) is 2.57. The number of benzene rings is 2. The van der Waals surface area contributed by atoms with Crippen LogP contribution < -0.4 is 0 Å². The first-order valence-electron chi connectivity index (χ1n) is 5.72. The topological polar surface area (TPSA) is 46.5 Å². The number of aromatic hydroxyl groups is 1. The summed E-state index contributed by atoms with van der Waals surface area (Å²) in [6.45, 7) is 0.